The van der Waals surface area contributed by atoms with Gasteiger partial charge in [0.2, 0.25) is 0 Å². The van der Waals surface area contributed by atoms with Gasteiger partial charge in [-0.2, -0.15) is 5.26 Å². The molecule has 0 saturated heterocycles. The van der Waals surface area contributed by atoms with Crippen LogP contribution in [0.25, 0.3) is 6.08 Å². The number of aryl methyl sites for hydroxylation is 1. The molecule has 0 N–H and O–H groups in total. The molecule has 0 aliphatic rings. The third kappa shape index (κ3) is 4.01. The Balaban J connectivity index is 1.95. The van der Waals surface area contributed by atoms with E-state index in [4.69, 9.17) is 10.00 Å². The average molecular weight is 249 g/mol. The van der Waals surface area contributed by atoms with Gasteiger partial charge in [0.25, 0.3) is 0 Å². The van der Waals surface area contributed by atoms with Crippen molar-refractivity contribution in [1.82, 2.24) is 0 Å². The summed E-state index contributed by atoms with van der Waals surface area (Å²) in [6.07, 6.45) is 3.23. The van der Waals surface area contributed by atoms with Crippen molar-refractivity contribution in [1.29, 1.82) is 5.26 Å². The van der Waals surface area contributed by atoms with Crippen LogP contribution in [0.5, 0.6) is 5.75 Å². The lowest BCUT2D eigenvalue weighted by Crippen LogP contribution is -1.95. The van der Waals surface area contributed by atoms with Gasteiger partial charge in [0, 0.05) is 6.08 Å². The van der Waals surface area contributed by atoms with Crippen molar-refractivity contribution in [3.63, 3.8) is 0 Å². The standard InChI is InChI=1S/C17H15NO/c1-14-4-6-16(7-5-14)13-19-17-10-8-15(9-11-17)3-2-12-18/h2-11H,13H2,1H3. The van der Waals surface area contributed by atoms with Crippen LogP contribution < -0.4 is 4.74 Å². The fraction of sp³-hybridized carbons (Fsp3) is 0.118. The number of nitriles is 1. The van der Waals surface area contributed by atoms with E-state index >= 15 is 0 Å². The van der Waals surface area contributed by atoms with Crippen molar-refractivity contribution in [2.24, 2.45) is 0 Å². The van der Waals surface area contributed by atoms with Gasteiger partial charge in [0.15, 0.2) is 0 Å². The van der Waals surface area contributed by atoms with E-state index < -0.39 is 0 Å². The number of hydrogen-bond acceptors (Lipinski definition) is 2. The number of nitrogens with zero attached hydrogens (tertiary/aromatic N) is 1. The van der Waals surface area contributed by atoms with Gasteiger partial charge in [-0.15, -0.1) is 0 Å². The second kappa shape index (κ2) is 6.42. The lowest BCUT2D eigenvalue weighted by atomic mass is 10.2. The Morgan fingerprint density at radius 3 is 2.37 bits per heavy atom. The van der Waals surface area contributed by atoms with Gasteiger partial charge in [0.05, 0.1) is 6.07 Å². The van der Waals surface area contributed by atoms with Gasteiger partial charge >= 0.3 is 0 Å². The van der Waals surface area contributed by atoms with E-state index in [9.17, 15) is 0 Å². The minimum atomic E-state index is 0.563. The molecule has 0 heterocycles. The molecule has 2 heteroatoms. The maximum absolute atomic E-state index is 8.45. The van der Waals surface area contributed by atoms with Crippen LogP contribution in [-0.2, 0) is 6.61 Å². The molecule has 0 radical (unpaired) electrons. The van der Waals surface area contributed by atoms with E-state index in [1.165, 1.54) is 11.6 Å². The summed E-state index contributed by atoms with van der Waals surface area (Å²) >= 11 is 0. The molecule has 0 unspecified atom stereocenters. The van der Waals surface area contributed by atoms with Crippen LogP contribution >= 0.6 is 0 Å². The smallest absolute Gasteiger partial charge is 0.119 e. The molecule has 19 heavy (non-hydrogen) atoms. The SMILES string of the molecule is Cc1ccc(COc2ccc(C=CC#N)cc2)cc1. The molecule has 2 aromatic carbocycles. The largest absolute Gasteiger partial charge is 0.489 e. The second-order valence-corrected chi connectivity index (χ2v) is 4.31. The molecule has 0 aromatic heterocycles. The maximum Gasteiger partial charge on any atom is 0.119 e. The maximum atomic E-state index is 8.45. The van der Waals surface area contributed by atoms with E-state index in [1.54, 1.807) is 6.08 Å². The molecule has 2 aromatic rings. The monoisotopic (exact) mass is 249 g/mol. The highest BCUT2D eigenvalue weighted by atomic mass is 16.5. The van der Waals surface area contributed by atoms with Crippen LogP contribution in [0.2, 0.25) is 0 Å². The third-order valence-corrected chi connectivity index (χ3v) is 2.76. The van der Waals surface area contributed by atoms with E-state index in [0.29, 0.717) is 6.61 Å². The summed E-state index contributed by atoms with van der Waals surface area (Å²) in [5.74, 6) is 0.828. The molecular weight excluding hydrogens is 234 g/mol. The molecule has 0 atom stereocenters. The normalized spacial score (nSPS) is 10.3. The molecule has 0 fully saturated rings. The van der Waals surface area contributed by atoms with Crippen molar-refractivity contribution in [3.05, 3.63) is 71.3 Å². The Bertz CT molecular complexity index is 589. The predicted molar refractivity (Wildman–Crippen MR) is 76.6 cm³/mol. The lowest BCUT2D eigenvalue weighted by molar-refractivity contribution is 0.306. The van der Waals surface area contributed by atoms with Crippen molar-refractivity contribution in [2.75, 3.05) is 0 Å². The number of allylic oxidation sites excluding steroid dienone is 1. The molecule has 0 spiro atoms. The van der Waals surface area contributed by atoms with Gasteiger partial charge in [-0.25, -0.2) is 0 Å². The first-order valence-corrected chi connectivity index (χ1v) is 6.12. The summed E-state index contributed by atoms with van der Waals surface area (Å²) in [6, 6.07) is 17.9. The summed E-state index contributed by atoms with van der Waals surface area (Å²) in [4.78, 5) is 0. The quantitative estimate of drug-likeness (QED) is 0.764. The van der Waals surface area contributed by atoms with Gasteiger partial charge in [-0.1, -0.05) is 42.0 Å². The minimum absolute atomic E-state index is 0.563. The number of hydrogen-bond donors (Lipinski definition) is 0. The van der Waals surface area contributed by atoms with Crippen molar-refractivity contribution >= 4 is 6.08 Å². The van der Waals surface area contributed by atoms with Gasteiger partial charge in [-0.3, -0.25) is 0 Å². The molecule has 0 aliphatic carbocycles. The summed E-state index contributed by atoms with van der Waals surface area (Å²) < 4.78 is 5.70. The van der Waals surface area contributed by atoms with Crippen LogP contribution in [-0.4, -0.2) is 0 Å². The van der Waals surface area contributed by atoms with Crippen molar-refractivity contribution < 1.29 is 4.74 Å². The van der Waals surface area contributed by atoms with Gasteiger partial charge in [-0.05, 0) is 36.3 Å². The Morgan fingerprint density at radius 2 is 1.74 bits per heavy atom. The van der Waals surface area contributed by atoms with Crippen LogP contribution in [0.4, 0.5) is 0 Å². The van der Waals surface area contributed by atoms with Crippen LogP contribution in [0, 0.1) is 18.3 Å². The molecule has 2 rings (SSSR count). The van der Waals surface area contributed by atoms with E-state index in [-0.39, 0.29) is 0 Å². The Kier molecular flexibility index (Phi) is 4.36. The third-order valence-electron chi connectivity index (χ3n) is 2.76. The lowest BCUT2D eigenvalue weighted by Gasteiger charge is -2.06. The molecule has 0 bridgehead atoms. The second-order valence-electron chi connectivity index (χ2n) is 4.31. The number of ether oxygens (including phenoxy) is 1. The first kappa shape index (κ1) is 12.9. The topological polar surface area (TPSA) is 33.0 Å². The summed E-state index contributed by atoms with van der Waals surface area (Å²) in [5, 5.41) is 8.45. The molecular formula is C17H15NO. The van der Waals surface area contributed by atoms with Crippen molar-refractivity contribution in [2.45, 2.75) is 13.5 Å². The zero-order chi connectivity index (χ0) is 13.5. The summed E-state index contributed by atoms with van der Waals surface area (Å²) in [7, 11) is 0. The number of rotatable bonds is 4. The molecule has 2 nitrogen and oxygen atoms in total. The van der Waals surface area contributed by atoms with E-state index in [1.807, 2.05) is 30.3 Å². The molecule has 0 amide bonds. The fourth-order valence-electron chi connectivity index (χ4n) is 1.66. The van der Waals surface area contributed by atoms with Crippen LogP contribution in [0.3, 0.4) is 0 Å². The highest BCUT2D eigenvalue weighted by Gasteiger charge is 1.96. The Labute approximate surface area is 113 Å². The fourth-order valence-corrected chi connectivity index (χ4v) is 1.66. The van der Waals surface area contributed by atoms with Crippen LogP contribution in [0.1, 0.15) is 16.7 Å². The van der Waals surface area contributed by atoms with Crippen LogP contribution in [0.15, 0.2) is 54.6 Å². The zero-order valence-corrected chi connectivity index (χ0v) is 10.8. The Morgan fingerprint density at radius 1 is 1.05 bits per heavy atom. The molecule has 0 aliphatic heterocycles. The Hall–Kier alpha value is -2.53. The first-order chi connectivity index (χ1) is 9.28. The van der Waals surface area contributed by atoms with Gasteiger partial charge in [0.1, 0.15) is 12.4 Å². The molecule has 0 saturated carbocycles. The summed E-state index contributed by atoms with van der Waals surface area (Å²) in [6.45, 7) is 2.63. The number of benzene rings is 2. The zero-order valence-electron chi connectivity index (χ0n) is 10.8. The minimum Gasteiger partial charge on any atom is -0.489 e. The van der Waals surface area contributed by atoms with Gasteiger partial charge < -0.3 is 4.74 Å². The molecule has 94 valence electrons. The summed E-state index contributed by atoms with van der Waals surface area (Å²) in [5.41, 5.74) is 3.39. The average Bonchev–Trinajstić information content (AvgIpc) is 2.46. The van der Waals surface area contributed by atoms with Crippen molar-refractivity contribution in [3.8, 4) is 11.8 Å². The highest BCUT2D eigenvalue weighted by molar-refractivity contribution is 5.52. The van der Waals surface area contributed by atoms with E-state index in [2.05, 4.69) is 31.2 Å². The highest BCUT2D eigenvalue weighted by Crippen LogP contribution is 2.15. The predicted octanol–water partition coefficient (Wildman–Crippen LogP) is 4.11. The first-order valence-electron chi connectivity index (χ1n) is 6.12. The van der Waals surface area contributed by atoms with E-state index in [0.717, 1.165) is 16.9 Å².